The van der Waals surface area contributed by atoms with Crippen molar-refractivity contribution in [2.75, 3.05) is 6.54 Å². The third kappa shape index (κ3) is 6.77. The first kappa shape index (κ1) is 24.8. The van der Waals surface area contributed by atoms with Crippen LogP contribution in [-0.4, -0.2) is 70.3 Å². The number of aliphatic carboxylic acids is 1. The van der Waals surface area contributed by atoms with Crippen molar-refractivity contribution in [3.8, 4) is 0 Å². The number of hydrogen-bond acceptors (Lipinski definition) is 6. The molecule has 0 radical (unpaired) electrons. The molecular formula is C21H29N5O6. The van der Waals surface area contributed by atoms with E-state index < -0.39 is 54.3 Å². The van der Waals surface area contributed by atoms with Gasteiger partial charge >= 0.3 is 5.97 Å². The number of nitrogens with two attached hydrogens (primary N) is 2. The van der Waals surface area contributed by atoms with E-state index in [-0.39, 0.29) is 5.91 Å². The van der Waals surface area contributed by atoms with Crippen LogP contribution in [0.1, 0.15) is 31.7 Å². The Kier molecular flexibility index (Phi) is 8.71. The van der Waals surface area contributed by atoms with Crippen molar-refractivity contribution in [1.29, 1.82) is 0 Å². The molecule has 11 heteroatoms. The molecule has 0 saturated carbocycles. The highest BCUT2D eigenvalue weighted by Crippen LogP contribution is 2.19. The molecule has 7 N–H and O–H groups in total. The lowest BCUT2D eigenvalue weighted by atomic mass is 10.0. The molecule has 4 unspecified atom stereocenters. The second-order valence-electron chi connectivity index (χ2n) is 7.79. The van der Waals surface area contributed by atoms with Gasteiger partial charge in [0.2, 0.25) is 23.6 Å². The van der Waals surface area contributed by atoms with Gasteiger partial charge in [-0.15, -0.1) is 0 Å². The Morgan fingerprint density at radius 1 is 1.16 bits per heavy atom. The molecule has 1 fully saturated rings. The van der Waals surface area contributed by atoms with Crippen LogP contribution in [0.4, 0.5) is 0 Å². The summed E-state index contributed by atoms with van der Waals surface area (Å²) in [5.41, 5.74) is 12.1. The van der Waals surface area contributed by atoms with Gasteiger partial charge in [-0.05, 0) is 31.7 Å². The number of carboxylic acids is 1. The predicted molar refractivity (Wildman–Crippen MR) is 114 cm³/mol. The topological polar surface area (TPSA) is 185 Å². The van der Waals surface area contributed by atoms with Gasteiger partial charge in [0.1, 0.15) is 18.1 Å². The third-order valence-electron chi connectivity index (χ3n) is 5.22. The quantitative estimate of drug-likeness (QED) is 0.289. The molecule has 1 aromatic carbocycles. The van der Waals surface area contributed by atoms with Crippen molar-refractivity contribution >= 4 is 29.6 Å². The summed E-state index contributed by atoms with van der Waals surface area (Å²) in [6.07, 6.45) is 0.735. The number of amides is 4. The van der Waals surface area contributed by atoms with Gasteiger partial charge in [-0.1, -0.05) is 30.3 Å². The first-order chi connectivity index (χ1) is 15.1. The van der Waals surface area contributed by atoms with Crippen molar-refractivity contribution in [1.82, 2.24) is 15.5 Å². The minimum Gasteiger partial charge on any atom is -0.480 e. The number of likely N-dealkylation sites (tertiary alicyclic amines) is 1. The minimum atomic E-state index is -1.36. The van der Waals surface area contributed by atoms with Crippen molar-refractivity contribution in [2.45, 2.75) is 56.8 Å². The normalized spacial score (nSPS) is 18.3. The zero-order valence-corrected chi connectivity index (χ0v) is 17.8. The van der Waals surface area contributed by atoms with E-state index in [9.17, 15) is 24.0 Å². The number of carbonyl (C=O) groups excluding carboxylic acids is 4. The molecule has 0 aromatic heterocycles. The predicted octanol–water partition coefficient (Wildman–Crippen LogP) is -1.50. The third-order valence-corrected chi connectivity index (χ3v) is 5.22. The summed E-state index contributed by atoms with van der Waals surface area (Å²) < 4.78 is 0. The summed E-state index contributed by atoms with van der Waals surface area (Å²) >= 11 is 0. The fourth-order valence-electron chi connectivity index (χ4n) is 3.53. The van der Waals surface area contributed by atoms with Crippen LogP contribution in [0.25, 0.3) is 0 Å². The molecule has 1 saturated heterocycles. The molecule has 4 amide bonds. The summed E-state index contributed by atoms with van der Waals surface area (Å²) in [7, 11) is 0. The lowest BCUT2D eigenvalue weighted by Crippen LogP contribution is -2.57. The fourth-order valence-corrected chi connectivity index (χ4v) is 3.53. The maximum Gasteiger partial charge on any atom is 0.325 e. The van der Waals surface area contributed by atoms with Crippen LogP contribution in [0.5, 0.6) is 0 Å². The second kappa shape index (κ2) is 11.2. The number of rotatable bonds is 10. The molecule has 0 aliphatic carbocycles. The van der Waals surface area contributed by atoms with E-state index in [0.29, 0.717) is 25.8 Å². The molecule has 1 aliphatic rings. The molecule has 0 spiro atoms. The Morgan fingerprint density at radius 3 is 2.41 bits per heavy atom. The highest BCUT2D eigenvalue weighted by atomic mass is 16.4. The van der Waals surface area contributed by atoms with Gasteiger partial charge in [-0.3, -0.25) is 24.0 Å². The lowest BCUT2D eigenvalue weighted by Gasteiger charge is -2.28. The van der Waals surface area contributed by atoms with Crippen LogP contribution in [0.3, 0.4) is 0 Å². The molecule has 0 bridgehead atoms. The van der Waals surface area contributed by atoms with Crippen LogP contribution < -0.4 is 22.1 Å². The van der Waals surface area contributed by atoms with E-state index in [4.69, 9.17) is 16.6 Å². The zero-order valence-electron chi connectivity index (χ0n) is 17.8. The molecule has 2 rings (SSSR count). The Labute approximate surface area is 185 Å². The van der Waals surface area contributed by atoms with Gasteiger partial charge in [0, 0.05) is 6.54 Å². The maximum absolute atomic E-state index is 12.9. The number of nitrogens with one attached hydrogen (secondary N) is 2. The van der Waals surface area contributed by atoms with Crippen LogP contribution in [0.15, 0.2) is 30.3 Å². The SMILES string of the molecule is CC(NC(=O)C(CC(N)=O)NC(=O)C1CCCN1C(=O)C(N)Cc1ccccc1)C(=O)O. The Hall–Kier alpha value is -3.47. The monoisotopic (exact) mass is 447 g/mol. The van der Waals surface area contributed by atoms with E-state index in [1.807, 2.05) is 30.3 Å². The fraction of sp³-hybridized carbons (Fsp3) is 0.476. The highest BCUT2D eigenvalue weighted by Gasteiger charge is 2.38. The van der Waals surface area contributed by atoms with Crippen molar-refractivity contribution in [3.05, 3.63) is 35.9 Å². The summed E-state index contributed by atoms with van der Waals surface area (Å²) in [6, 6.07) is 4.96. The summed E-state index contributed by atoms with van der Waals surface area (Å²) in [5.74, 6) is -4.00. The van der Waals surface area contributed by atoms with Gasteiger partial charge in [0.15, 0.2) is 0 Å². The summed E-state index contributed by atoms with van der Waals surface area (Å²) in [4.78, 5) is 61.8. The lowest BCUT2D eigenvalue weighted by molar-refractivity contribution is -0.143. The molecular weight excluding hydrogens is 418 g/mol. The van der Waals surface area contributed by atoms with Gasteiger partial charge in [0.05, 0.1) is 12.5 Å². The number of nitrogens with zero attached hydrogens (tertiary/aromatic N) is 1. The standard InChI is InChI=1S/C21H29N5O6/c1-12(21(31)32)24-18(28)15(11-17(23)27)25-19(29)16-8-5-9-26(16)20(30)14(22)10-13-6-3-2-4-7-13/h2-4,6-7,12,14-16H,5,8-11,22H2,1H3,(H2,23,27)(H,24,28)(H,25,29)(H,31,32). The Bertz CT molecular complexity index is 861. The Balaban J connectivity index is 2.06. The number of primary amides is 1. The summed E-state index contributed by atoms with van der Waals surface area (Å²) in [5, 5.41) is 13.6. The zero-order chi connectivity index (χ0) is 23.8. The molecule has 4 atom stereocenters. The number of benzene rings is 1. The van der Waals surface area contributed by atoms with Crippen molar-refractivity contribution < 1.29 is 29.1 Å². The van der Waals surface area contributed by atoms with Crippen molar-refractivity contribution in [2.24, 2.45) is 11.5 Å². The first-order valence-corrected chi connectivity index (χ1v) is 10.3. The van der Waals surface area contributed by atoms with E-state index in [1.165, 1.54) is 11.8 Å². The summed E-state index contributed by atoms with van der Waals surface area (Å²) in [6.45, 7) is 1.58. The molecule has 174 valence electrons. The first-order valence-electron chi connectivity index (χ1n) is 10.3. The largest absolute Gasteiger partial charge is 0.480 e. The van der Waals surface area contributed by atoms with Gasteiger partial charge < -0.3 is 32.1 Å². The highest BCUT2D eigenvalue weighted by molar-refractivity contribution is 5.96. The smallest absolute Gasteiger partial charge is 0.325 e. The number of carboxylic acid groups (broad SMARTS) is 1. The van der Waals surface area contributed by atoms with E-state index in [2.05, 4.69) is 10.6 Å². The van der Waals surface area contributed by atoms with E-state index in [0.717, 1.165) is 5.56 Å². The van der Waals surface area contributed by atoms with Crippen LogP contribution in [-0.2, 0) is 30.4 Å². The van der Waals surface area contributed by atoms with Gasteiger partial charge in [-0.2, -0.15) is 0 Å². The van der Waals surface area contributed by atoms with Crippen LogP contribution >= 0.6 is 0 Å². The number of carbonyl (C=O) groups is 5. The van der Waals surface area contributed by atoms with E-state index >= 15 is 0 Å². The van der Waals surface area contributed by atoms with Crippen LogP contribution in [0, 0.1) is 0 Å². The average Bonchev–Trinajstić information content (AvgIpc) is 3.22. The Morgan fingerprint density at radius 2 is 1.81 bits per heavy atom. The molecule has 1 heterocycles. The van der Waals surface area contributed by atoms with Gasteiger partial charge in [-0.25, -0.2) is 0 Å². The van der Waals surface area contributed by atoms with Gasteiger partial charge in [0.25, 0.3) is 0 Å². The molecule has 32 heavy (non-hydrogen) atoms. The molecule has 1 aliphatic heterocycles. The second-order valence-corrected chi connectivity index (χ2v) is 7.79. The number of hydrogen-bond donors (Lipinski definition) is 5. The molecule has 1 aromatic rings. The van der Waals surface area contributed by atoms with E-state index in [1.54, 1.807) is 0 Å². The van der Waals surface area contributed by atoms with Crippen LogP contribution in [0.2, 0.25) is 0 Å². The minimum absolute atomic E-state index is 0.310. The molecule has 11 nitrogen and oxygen atoms in total. The van der Waals surface area contributed by atoms with Crippen molar-refractivity contribution in [3.63, 3.8) is 0 Å². The maximum atomic E-state index is 12.9. The average molecular weight is 447 g/mol.